The van der Waals surface area contributed by atoms with Gasteiger partial charge in [0, 0.05) is 0 Å². The number of unbranched alkanes of at least 4 members (excludes halogenated alkanes) is 17. The number of rotatable bonds is 19. The normalized spacial score (nSPS) is 11.0. The first-order valence-electron chi connectivity index (χ1n) is 10.1. The molecule has 1 heteroatoms. The lowest BCUT2D eigenvalue weighted by atomic mass is 10.0. The van der Waals surface area contributed by atoms with Crippen molar-refractivity contribution in [2.24, 2.45) is 0 Å². The van der Waals surface area contributed by atoms with Gasteiger partial charge in [0.25, 0.3) is 0 Å². The van der Waals surface area contributed by atoms with E-state index in [0.29, 0.717) is 0 Å². The molecule has 0 atom stereocenters. The molecular weight excluding hydrogens is 284 g/mol. The third kappa shape index (κ3) is 20.1. The van der Waals surface area contributed by atoms with E-state index in [1.807, 2.05) is 6.08 Å². The lowest BCUT2D eigenvalue weighted by Gasteiger charge is -2.03. The van der Waals surface area contributed by atoms with Crippen molar-refractivity contribution in [2.75, 3.05) is 5.75 Å². The van der Waals surface area contributed by atoms with Gasteiger partial charge < -0.3 is 0 Å². The van der Waals surface area contributed by atoms with Gasteiger partial charge in [-0.05, 0) is 25.0 Å². The second kappa shape index (κ2) is 21.1. The Labute approximate surface area is 147 Å². The summed E-state index contributed by atoms with van der Waals surface area (Å²) in [6.07, 6.45) is 27.6. The van der Waals surface area contributed by atoms with Crippen LogP contribution in [-0.4, -0.2) is 5.75 Å². The van der Waals surface area contributed by atoms with E-state index in [1.54, 1.807) is 0 Å². The molecule has 0 aliphatic heterocycles. The summed E-state index contributed by atoms with van der Waals surface area (Å²) in [7, 11) is 0. The third-order valence-electron chi connectivity index (χ3n) is 4.57. The van der Waals surface area contributed by atoms with E-state index in [-0.39, 0.29) is 0 Å². The molecule has 0 unspecified atom stereocenters. The molecule has 0 aromatic carbocycles. The Bertz CT molecular complexity index is 200. The Balaban J connectivity index is 2.92. The number of hydrogen-bond acceptors (Lipinski definition) is 1. The van der Waals surface area contributed by atoms with Crippen LogP contribution < -0.4 is 0 Å². The zero-order valence-corrected chi connectivity index (χ0v) is 16.1. The quantitative estimate of drug-likeness (QED) is 0.138. The summed E-state index contributed by atoms with van der Waals surface area (Å²) in [5.74, 6) is 1.06. The van der Waals surface area contributed by atoms with Gasteiger partial charge in [0.05, 0.1) is 0 Å². The Morgan fingerprint density at radius 1 is 0.455 bits per heavy atom. The van der Waals surface area contributed by atoms with Crippen molar-refractivity contribution < 1.29 is 0 Å². The van der Waals surface area contributed by atoms with Crippen molar-refractivity contribution in [1.29, 1.82) is 0 Å². The van der Waals surface area contributed by atoms with Gasteiger partial charge in [0.1, 0.15) is 0 Å². The number of allylic oxidation sites excluding steroid dienone is 1. The lowest BCUT2D eigenvalue weighted by molar-refractivity contribution is 0.528. The fraction of sp³-hybridized carbons (Fsp3) is 0.905. The van der Waals surface area contributed by atoms with Gasteiger partial charge in [0.15, 0.2) is 0 Å². The molecule has 0 rings (SSSR count). The van der Waals surface area contributed by atoms with Gasteiger partial charge in [-0.25, -0.2) is 0 Å². The first kappa shape index (κ1) is 22.1. The molecule has 0 saturated carbocycles. The van der Waals surface area contributed by atoms with Crippen molar-refractivity contribution in [1.82, 2.24) is 0 Å². The van der Waals surface area contributed by atoms with E-state index in [0.717, 1.165) is 5.75 Å². The van der Waals surface area contributed by atoms with Crippen molar-refractivity contribution in [3.05, 3.63) is 12.7 Å². The molecule has 22 heavy (non-hydrogen) atoms. The molecule has 0 fully saturated rings. The maximum Gasteiger partial charge on any atom is -0.00979 e. The maximum atomic E-state index is 4.25. The molecule has 0 bridgehead atoms. The van der Waals surface area contributed by atoms with Crippen molar-refractivity contribution >= 4 is 12.6 Å². The van der Waals surface area contributed by atoms with Crippen LogP contribution >= 0.6 is 12.6 Å². The summed E-state index contributed by atoms with van der Waals surface area (Å²) in [5, 5.41) is 0. The lowest BCUT2D eigenvalue weighted by Crippen LogP contribution is -1.84. The van der Waals surface area contributed by atoms with E-state index in [9.17, 15) is 0 Å². The summed E-state index contributed by atoms with van der Waals surface area (Å²) in [6.45, 7) is 3.77. The Hall–Kier alpha value is 0.0900. The molecule has 0 heterocycles. The predicted octanol–water partition coefficient (Wildman–Crippen LogP) is 8.12. The van der Waals surface area contributed by atoms with Crippen molar-refractivity contribution in [2.45, 2.75) is 116 Å². The van der Waals surface area contributed by atoms with Crippen molar-refractivity contribution in [3.63, 3.8) is 0 Å². The average Bonchev–Trinajstić information content (AvgIpc) is 2.54. The van der Waals surface area contributed by atoms with Crippen LogP contribution in [0.3, 0.4) is 0 Å². The van der Waals surface area contributed by atoms with Crippen LogP contribution in [0.2, 0.25) is 0 Å². The van der Waals surface area contributed by atoms with Gasteiger partial charge in [0.2, 0.25) is 0 Å². The maximum absolute atomic E-state index is 4.25. The third-order valence-corrected chi connectivity index (χ3v) is 4.88. The van der Waals surface area contributed by atoms with E-state index in [4.69, 9.17) is 0 Å². The van der Waals surface area contributed by atoms with Crippen LogP contribution in [0.5, 0.6) is 0 Å². The van der Waals surface area contributed by atoms with Crippen LogP contribution in [-0.2, 0) is 0 Å². The molecule has 0 spiro atoms. The van der Waals surface area contributed by atoms with Gasteiger partial charge in [-0.1, -0.05) is 102 Å². The zero-order chi connectivity index (χ0) is 16.1. The predicted molar refractivity (Wildman–Crippen MR) is 107 cm³/mol. The minimum Gasteiger partial charge on any atom is -0.179 e. The summed E-state index contributed by atoms with van der Waals surface area (Å²) < 4.78 is 0. The Kier molecular flexibility index (Phi) is 21.2. The number of thiol groups is 1. The fourth-order valence-electron chi connectivity index (χ4n) is 3.05. The monoisotopic (exact) mass is 326 g/mol. The van der Waals surface area contributed by atoms with Gasteiger partial charge >= 0.3 is 0 Å². The first-order valence-corrected chi connectivity index (χ1v) is 10.8. The summed E-state index contributed by atoms with van der Waals surface area (Å²) in [4.78, 5) is 0. The number of hydrogen-bond donors (Lipinski definition) is 1. The van der Waals surface area contributed by atoms with Crippen molar-refractivity contribution in [3.8, 4) is 0 Å². The van der Waals surface area contributed by atoms with Crippen LogP contribution in [0.4, 0.5) is 0 Å². The standard InChI is InChI=1S/C21H42S/c1-2-3-4-5-6-7-8-9-10-11-12-13-14-15-16-17-18-19-20-21-22/h2,22H,1,3-21H2. The second-order valence-corrected chi connectivity index (χ2v) is 7.26. The van der Waals surface area contributed by atoms with Crippen LogP contribution in [0.25, 0.3) is 0 Å². The summed E-state index contributed by atoms with van der Waals surface area (Å²) in [6, 6.07) is 0. The van der Waals surface area contributed by atoms with Crippen LogP contribution in [0, 0.1) is 0 Å². The minimum atomic E-state index is 1.06. The highest BCUT2D eigenvalue weighted by molar-refractivity contribution is 7.80. The molecule has 0 aliphatic carbocycles. The molecule has 0 amide bonds. The molecule has 132 valence electrons. The fourth-order valence-corrected chi connectivity index (χ4v) is 3.28. The molecule has 0 aromatic heterocycles. The van der Waals surface area contributed by atoms with E-state index < -0.39 is 0 Å². The van der Waals surface area contributed by atoms with E-state index in [2.05, 4.69) is 19.2 Å². The molecule has 0 nitrogen and oxygen atoms in total. The topological polar surface area (TPSA) is 0 Å². The molecule has 0 N–H and O–H groups in total. The zero-order valence-electron chi connectivity index (χ0n) is 15.2. The minimum absolute atomic E-state index is 1.06. The molecular formula is C21H42S. The average molecular weight is 327 g/mol. The highest BCUT2D eigenvalue weighted by Crippen LogP contribution is 2.14. The second-order valence-electron chi connectivity index (χ2n) is 6.81. The van der Waals surface area contributed by atoms with Gasteiger partial charge in [-0.15, -0.1) is 6.58 Å². The first-order chi connectivity index (χ1) is 10.9. The van der Waals surface area contributed by atoms with E-state index in [1.165, 1.54) is 116 Å². The Morgan fingerprint density at radius 2 is 0.727 bits per heavy atom. The summed E-state index contributed by atoms with van der Waals surface area (Å²) in [5.41, 5.74) is 0. The van der Waals surface area contributed by atoms with Crippen LogP contribution in [0.15, 0.2) is 12.7 Å². The Morgan fingerprint density at radius 3 is 1.00 bits per heavy atom. The highest BCUT2D eigenvalue weighted by Gasteiger charge is 1.94. The summed E-state index contributed by atoms with van der Waals surface area (Å²) >= 11 is 4.25. The SMILES string of the molecule is C=CCCCCCCCCCCCCCCCCCCCS. The molecule has 0 saturated heterocycles. The van der Waals surface area contributed by atoms with Crippen LogP contribution in [0.1, 0.15) is 116 Å². The van der Waals surface area contributed by atoms with E-state index >= 15 is 0 Å². The largest absolute Gasteiger partial charge is 0.179 e. The molecule has 0 aromatic rings. The van der Waals surface area contributed by atoms with Gasteiger partial charge in [-0.2, -0.15) is 12.6 Å². The highest BCUT2D eigenvalue weighted by atomic mass is 32.1. The van der Waals surface area contributed by atoms with Gasteiger partial charge in [-0.3, -0.25) is 0 Å². The molecule has 0 aliphatic rings. The molecule has 0 radical (unpaired) electrons. The smallest absolute Gasteiger partial charge is 0.00979 e.